The molecule has 0 spiro atoms. The Balaban J connectivity index is 1.70. The standard InChI is InChI=1S/C24H21N3O3/c1-15-13-19(14-21-22(28)25-24(30)26(3)23(21)29)16(2)27(15)20-11-9-18(10-12-20)17-7-5-4-6-8-17/h4-14H,1-3H3,(H,25,28,30)/b21-14+. The summed E-state index contributed by atoms with van der Waals surface area (Å²) in [6, 6.07) is 19.6. The largest absolute Gasteiger partial charge is 0.331 e. The maximum absolute atomic E-state index is 12.4. The van der Waals surface area contributed by atoms with Crippen molar-refractivity contribution >= 4 is 23.9 Å². The number of amides is 4. The second-order valence-corrected chi connectivity index (χ2v) is 7.26. The fourth-order valence-corrected chi connectivity index (χ4v) is 3.67. The van der Waals surface area contributed by atoms with Crippen LogP contribution in [0, 0.1) is 13.8 Å². The molecule has 1 aromatic heterocycles. The Hall–Kier alpha value is -3.93. The Morgan fingerprint density at radius 3 is 2.17 bits per heavy atom. The SMILES string of the molecule is Cc1cc(/C=C2\C(=O)NC(=O)N(C)C2=O)c(C)n1-c1ccc(-c2ccccc2)cc1. The first-order valence-electron chi connectivity index (χ1n) is 9.56. The summed E-state index contributed by atoms with van der Waals surface area (Å²) in [6.07, 6.45) is 1.54. The number of nitrogens with one attached hydrogen (secondary N) is 1. The van der Waals surface area contributed by atoms with E-state index in [0.29, 0.717) is 0 Å². The number of carbonyl (C=O) groups is 3. The number of hydrogen-bond acceptors (Lipinski definition) is 3. The van der Waals surface area contributed by atoms with Gasteiger partial charge in [0.25, 0.3) is 11.8 Å². The number of aromatic nitrogens is 1. The molecule has 0 atom stereocenters. The minimum Gasteiger partial charge on any atom is -0.318 e. The summed E-state index contributed by atoms with van der Waals surface area (Å²) in [6.45, 7) is 3.91. The number of hydrogen-bond donors (Lipinski definition) is 1. The van der Waals surface area contributed by atoms with Crippen molar-refractivity contribution in [1.29, 1.82) is 0 Å². The summed E-state index contributed by atoms with van der Waals surface area (Å²) < 4.78 is 2.07. The lowest BCUT2D eigenvalue weighted by Gasteiger charge is -2.22. The van der Waals surface area contributed by atoms with Crippen molar-refractivity contribution in [3.63, 3.8) is 0 Å². The molecule has 4 rings (SSSR count). The van der Waals surface area contributed by atoms with Crippen molar-refractivity contribution in [3.05, 3.63) is 83.2 Å². The van der Waals surface area contributed by atoms with E-state index in [9.17, 15) is 14.4 Å². The lowest BCUT2D eigenvalue weighted by molar-refractivity contribution is -0.129. The third kappa shape index (κ3) is 3.33. The smallest absolute Gasteiger partial charge is 0.318 e. The number of rotatable bonds is 3. The fraction of sp³-hybridized carbons (Fsp3) is 0.125. The maximum Gasteiger partial charge on any atom is 0.331 e. The molecule has 2 heterocycles. The van der Waals surface area contributed by atoms with Crippen LogP contribution in [0.15, 0.2) is 66.2 Å². The van der Waals surface area contributed by atoms with Crippen LogP contribution in [0.2, 0.25) is 0 Å². The molecular weight excluding hydrogens is 378 g/mol. The Morgan fingerprint density at radius 1 is 0.867 bits per heavy atom. The number of nitrogens with zero attached hydrogens (tertiary/aromatic N) is 2. The van der Waals surface area contributed by atoms with Gasteiger partial charge >= 0.3 is 6.03 Å². The third-order valence-electron chi connectivity index (χ3n) is 5.31. The lowest BCUT2D eigenvalue weighted by Crippen LogP contribution is -2.52. The van der Waals surface area contributed by atoms with E-state index in [0.717, 1.165) is 38.7 Å². The molecule has 1 N–H and O–H groups in total. The van der Waals surface area contributed by atoms with Gasteiger partial charge < -0.3 is 4.57 Å². The predicted molar refractivity (Wildman–Crippen MR) is 115 cm³/mol. The van der Waals surface area contributed by atoms with Crippen molar-refractivity contribution in [2.24, 2.45) is 0 Å². The second kappa shape index (κ2) is 7.48. The van der Waals surface area contributed by atoms with Gasteiger partial charge in [-0.1, -0.05) is 42.5 Å². The van der Waals surface area contributed by atoms with Crippen molar-refractivity contribution in [2.75, 3.05) is 7.05 Å². The van der Waals surface area contributed by atoms with Crippen LogP contribution in [-0.2, 0) is 9.59 Å². The van der Waals surface area contributed by atoms with E-state index in [1.807, 2.05) is 50.2 Å². The van der Waals surface area contributed by atoms with E-state index >= 15 is 0 Å². The normalized spacial score (nSPS) is 15.6. The highest BCUT2D eigenvalue weighted by Crippen LogP contribution is 2.26. The molecule has 1 saturated heterocycles. The minimum absolute atomic E-state index is 0.0585. The summed E-state index contributed by atoms with van der Waals surface area (Å²) in [5, 5.41) is 2.18. The highest BCUT2D eigenvalue weighted by molar-refractivity contribution is 6.30. The topological polar surface area (TPSA) is 71.4 Å². The Bertz CT molecular complexity index is 1190. The van der Waals surface area contributed by atoms with Crippen molar-refractivity contribution in [3.8, 4) is 16.8 Å². The molecule has 0 aliphatic carbocycles. The molecule has 3 aromatic rings. The number of likely N-dealkylation sites (N-methyl/N-ethyl adjacent to an activating group) is 1. The van der Waals surface area contributed by atoms with E-state index < -0.39 is 17.8 Å². The minimum atomic E-state index is -0.717. The third-order valence-corrected chi connectivity index (χ3v) is 5.31. The molecule has 0 radical (unpaired) electrons. The van der Waals surface area contributed by atoms with E-state index in [2.05, 4.69) is 34.1 Å². The van der Waals surface area contributed by atoms with Gasteiger partial charge in [0, 0.05) is 24.1 Å². The van der Waals surface area contributed by atoms with Gasteiger partial charge in [-0.2, -0.15) is 0 Å². The van der Waals surface area contributed by atoms with Gasteiger partial charge in [-0.3, -0.25) is 19.8 Å². The summed E-state index contributed by atoms with van der Waals surface area (Å²) in [5.41, 5.74) is 5.82. The highest BCUT2D eigenvalue weighted by atomic mass is 16.2. The van der Waals surface area contributed by atoms with E-state index in [4.69, 9.17) is 0 Å². The van der Waals surface area contributed by atoms with Gasteiger partial charge in [-0.25, -0.2) is 4.79 Å². The Labute approximate surface area is 174 Å². The molecule has 6 heteroatoms. The zero-order chi connectivity index (χ0) is 21.4. The van der Waals surface area contributed by atoms with Crippen LogP contribution >= 0.6 is 0 Å². The predicted octanol–water partition coefficient (Wildman–Crippen LogP) is 3.85. The molecule has 1 aliphatic rings. The molecule has 4 amide bonds. The van der Waals surface area contributed by atoms with Crippen molar-refractivity contribution in [2.45, 2.75) is 13.8 Å². The van der Waals surface area contributed by atoms with Gasteiger partial charge in [0.05, 0.1) is 0 Å². The highest BCUT2D eigenvalue weighted by Gasteiger charge is 2.33. The van der Waals surface area contributed by atoms with Crippen molar-refractivity contribution < 1.29 is 14.4 Å². The number of urea groups is 1. The van der Waals surface area contributed by atoms with Crippen molar-refractivity contribution in [1.82, 2.24) is 14.8 Å². The van der Waals surface area contributed by atoms with Gasteiger partial charge in [-0.15, -0.1) is 0 Å². The van der Waals surface area contributed by atoms with E-state index in [-0.39, 0.29) is 5.57 Å². The van der Waals surface area contributed by atoms with Gasteiger partial charge in [0.2, 0.25) is 0 Å². The second-order valence-electron chi connectivity index (χ2n) is 7.26. The first-order valence-corrected chi connectivity index (χ1v) is 9.56. The molecule has 1 fully saturated rings. The van der Waals surface area contributed by atoms with Gasteiger partial charge in [0.15, 0.2) is 0 Å². The molecular formula is C24H21N3O3. The number of imide groups is 2. The Kier molecular flexibility index (Phi) is 4.83. The molecule has 30 heavy (non-hydrogen) atoms. The number of aryl methyl sites for hydroxylation is 1. The molecule has 2 aromatic carbocycles. The van der Waals surface area contributed by atoms with E-state index in [1.165, 1.54) is 13.1 Å². The average molecular weight is 399 g/mol. The first kappa shape index (κ1) is 19.4. The Morgan fingerprint density at radius 2 is 1.50 bits per heavy atom. The molecule has 0 unspecified atom stereocenters. The van der Waals surface area contributed by atoms with E-state index in [1.54, 1.807) is 0 Å². The van der Waals surface area contributed by atoms with Crippen LogP contribution in [0.4, 0.5) is 4.79 Å². The molecule has 6 nitrogen and oxygen atoms in total. The van der Waals surface area contributed by atoms with Crippen LogP contribution in [0.25, 0.3) is 22.9 Å². The summed E-state index contributed by atoms with van der Waals surface area (Å²) >= 11 is 0. The zero-order valence-electron chi connectivity index (χ0n) is 17.0. The van der Waals surface area contributed by atoms with Crippen LogP contribution in [-0.4, -0.2) is 34.4 Å². The maximum atomic E-state index is 12.4. The van der Waals surface area contributed by atoms with Crippen LogP contribution in [0.1, 0.15) is 17.0 Å². The fourth-order valence-electron chi connectivity index (χ4n) is 3.67. The molecule has 0 saturated carbocycles. The average Bonchev–Trinajstić information content (AvgIpc) is 3.03. The lowest BCUT2D eigenvalue weighted by atomic mass is 10.1. The van der Waals surface area contributed by atoms with Crippen LogP contribution < -0.4 is 5.32 Å². The number of carbonyl (C=O) groups excluding carboxylic acids is 3. The molecule has 1 aliphatic heterocycles. The van der Waals surface area contributed by atoms with Gasteiger partial charge in [-0.05, 0) is 54.8 Å². The molecule has 0 bridgehead atoms. The molecule has 150 valence electrons. The zero-order valence-corrected chi connectivity index (χ0v) is 17.0. The summed E-state index contributed by atoms with van der Waals surface area (Å²) in [7, 11) is 1.34. The summed E-state index contributed by atoms with van der Waals surface area (Å²) in [4.78, 5) is 37.0. The number of barbiturate groups is 1. The van der Waals surface area contributed by atoms with Crippen LogP contribution in [0.5, 0.6) is 0 Å². The monoisotopic (exact) mass is 399 g/mol. The quantitative estimate of drug-likeness (QED) is 0.537. The van der Waals surface area contributed by atoms with Crippen LogP contribution in [0.3, 0.4) is 0 Å². The summed E-state index contributed by atoms with van der Waals surface area (Å²) in [5.74, 6) is -1.29. The van der Waals surface area contributed by atoms with Gasteiger partial charge in [0.1, 0.15) is 5.57 Å². The first-order chi connectivity index (χ1) is 14.4. The number of benzene rings is 2.